The van der Waals surface area contributed by atoms with Gasteiger partial charge in [-0.15, -0.1) is 0 Å². The molecule has 0 bridgehead atoms. The van der Waals surface area contributed by atoms with Crippen molar-refractivity contribution in [2.45, 2.75) is 49.1 Å². The van der Waals surface area contributed by atoms with Gasteiger partial charge in [-0.2, -0.15) is 0 Å². The summed E-state index contributed by atoms with van der Waals surface area (Å²) in [5.41, 5.74) is 0.519. The third-order valence-corrected chi connectivity index (χ3v) is 6.41. The lowest BCUT2D eigenvalue weighted by Crippen LogP contribution is -2.34. The number of carboxylic acid groups (broad SMARTS) is 1. The maximum absolute atomic E-state index is 12.7. The molecule has 1 aliphatic carbocycles. The van der Waals surface area contributed by atoms with Crippen LogP contribution < -0.4 is 19.3 Å². The summed E-state index contributed by atoms with van der Waals surface area (Å²) in [6.45, 7) is 0. The zero-order valence-corrected chi connectivity index (χ0v) is 17.0. The molecule has 0 aliphatic heterocycles. The highest BCUT2D eigenvalue weighted by Gasteiger charge is 2.22. The van der Waals surface area contributed by atoms with E-state index in [0.717, 1.165) is 25.7 Å². The van der Waals surface area contributed by atoms with Gasteiger partial charge in [-0.3, -0.25) is 0 Å². The predicted molar refractivity (Wildman–Crippen MR) is 105 cm³/mol. The Morgan fingerprint density at radius 2 is 1.66 bits per heavy atom. The maximum Gasteiger partial charge on any atom is 0.241 e. The number of methoxy groups -OCH3 is 1. The van der Waals surface area contributed by atoms with Crippen LogP contribution in [-0.2, 0) is 14.8 Å². The van der Waals surface area contributed by atoms with E-state index < -0.39 is 28.5 Å². The molecule has 1 atom stereocenters. The topological polar surface area (TPSA) is 105 Å². The van der Waals surface area contributed by atoms with Crippen LogP contribution >= 0.6 is 0 Å². The minimum Gasteiger partial charge on any atom is -0.550 e. The highest BCUT2D eigenvalue weighted by Crippen LogP contribution is 2.27. The minimum absolute atomic E-state index is 0.0165. The number of hydrogen-bond donors (Lipinski definition) is 1. The molecule has 1 saturated carbocycles. The van der Waals surface area contributed by atoms with E-state index in [9.17, 15) is 18.3 Å². The standard InChI is InChI=1S/C21H25NO6S/c1-27-16-10-12-19(13-11-16)29(25,26)22-20(14-21(23)24)15-6-8-18(9-7-15)28-17-4-2-3-5-17/h6-13,17,20,22H,2-5,14H2,1H3,(H,23,24)/p-1/t20-/m1/s1. The van der Waals surface area contributed by atoms with Crippen LogP contribution in [0.15, 0.2) is 53.4 Å². The first-order valence-electron chi connectivity index (χ1n) is 9.50. The molecule has 29 heavy (non-hydrogen) atoms. The summed E-state index contributed by atoms with van der Waals surface area (Å²) in [4.78, 5) is 11.2. The van der Waals surface area contributed by atoms with Crippen LogP contribution in [0, 0.1) is 0 Å². The Hall–Kier alpha value is -2.58. The average Bonchev–Trinajstić information content (AvgIpc) is 3.20. The molecule has 156 valence electrons. The van der Waals surface area contributed by atoms with Crippen LogP contribution in [0.5, 0.6) is 11.5 Å². The van der Waals surface area contributed by atoms with Crippen LogP contribution in [0.3, 0.4) is 0 Å². The van der Waals surface area contributed by atoms with Gasteiger partial charge in [-0.25, -0.2) is 13.1 Å². The van der Waals surface area contributed by atoms with Crippen molar-refractivity contribution in [3.05, 3.63) is 54.1 Å². The van der Waals surface area contributed by atoms with Gasteiger partial charge in [-0.05, 0) is 67.6 Å². The molecule has 0 unspecified atom stereocenters. The Bertz CT molecular complexity index is 919. The van der Waals surface area contributed by atoms with Crippen molar-refractivity contribution in [1.29, 1.82) is 0 Å². The Labute approximate surface area is 170 Å². The lowest BCUT2D eigenvalue weighted by Gasteiger charge is -2.21. The number of carbonyl (C=O) groups is 1. The number of sulfonamides is 1. The number of ether oxygens (including phenoxy) is 2. The number of nitrogens with one attached hydrogen (secondary N) is 1. The summed E-state index contributed by atoms with van der Waals surface area (Å²) in [5.74, 6) is -0.141. The number of carbonyl (C=O) groups excluding carboxylic acids is 1. The zero-order valence-electron chi connectivity index (χ0n) is 16.2. The number of benzene rings is 2. The lowest BCUT2D eigenvalue weighted by molar-refractivity contribution is -0.306. The summed E-state index contributed by atoms with van der Waals surface area (Å²) in [5, 5.41) is 11.2. The summed E-state index contributed by atoms with van der Waals surface area (Å²) in [6.07, 6.45) is 4.08. The normalized spacial score (nSPS) is 15.8. The van der Waals surface area contributed by atoms with Crippen molar-refractivity contribution in [3.63, 3.8) is 0 Å². The maximum atomic E-state index is 12.7. The summed E-state index contributed by atoms with van der Waals surface area (Å²) < 4.78 is 38.8. The van der Waals surface area contributed by atoms with E-state index in [1.165, 1.54) is 31.4 Å². The van der Waals surface area contributed by atoms with Crippen LogP contribution in [0.2, 0.25) is 0 Å². The zero-order chi connectivity index (χ0) is 20.9. The van der Waals surface area contributed by atoms with Crippen LogP contribution in [0.25, 0.3) is 0 Å². The third kappa shape index (κ3) is 5.71. The largest absolute Gasteiger partial charge is 0.550 e. The summed E-state index contributed by atoms with van der Waals surface area (Å²) >= 11 is 0. The smallest absolute Gasteiger partial charge is 0.241 e. The Morgan fingerprint density at radius 3 is 2.21 bits per heavy atom. The third-order valence-electron chi connectivity index (χ3n) is 4.93. The second-order valence-corrected chi connectivity index (χ2v) is 8.73. The Kier molecular flexibility index (Phi) is 6.76. The molecule has 1 N–H and O–H groups in total. The first-order chi connectivity index (χ1) is 13.9. The molecule has 2 aromatic rings. The van der Waals surface area contributed by atoms with Crippen molar-refractivity contribution < 1.29 is 27.8 Å². The molecule has 1 fully saturated rings. The van der Waals surface area contributed by atoms with E-state index in [0.29, 0.717) is 17.1 Å². The van der Waals surface area contributed by atoms with E-state index in [1.54, 1.807) is 24.3 Å². The lowest BCUT2D eigenvalue weighted by atomic mass is 10.0. The molecule has 2 aromatic carbocycles. The van der Waals surface area contributed by atoms with Gasteiger partial charge in [0.25, 0.3) is 0 Å². The molecule has 0 saturated heterocycles. The number of carboxylic acids is 1. The molecule has 3 rings (SSSR count). The second kappa shape index (κ2) is 9.28. The molecule has 0 spiro atoms. The SMILES string of the molecule is COc1ccc(S(=O)(=O)N[C@H](CC(=O)[O-])c2ccc(OC3CCCC3)cc2)cc1. The fourth-order valence-corrected chi connectivity index (χ4v) is 4.61. The molecule has 0 heterocycles. The van der Waals surface area contributed by atoms with Crippen molar-refractivity contribution in [1.82, 2.24) is 4.72 Å². The minimum atomic E-state index is -3.93. The fourth-order valence-electron chi connectivity index (χ4n) is 3.38. The van der Waals surface area contributed by atoms with Gasteiger partial charge < -0.3 is 19.4 Å². The quantitative estimate of drug-likeness (QED) is 0.669. The molecule has 0 aromatic heterocycles. The number of rotatable bonds is 9. The van der Waals surface area contributed by atoms with Crippen molar-refractivity contribution in [2.75, 3.05) is 7.11 Å². The van der Waals surface area contributed by atoms with Gasteiger partial charge in [0.2, 0.25) is 10.0 Å². The van der Waals surface area contributed by atoms with E-state index in [-0.39, 0.29) is 11.0 Å². The van der Waals surface area contributed by atoms with E-state index in [1.807, 2.05) is 0 Å². The monoisotopic (exact) mass is 418 g/mol. The van der Waals surface area contributed by atoms with Crippen LogP contribution in [0.1, 0.15) is 43.7 Å². The van der Waals surface area contributed by atoms with Crippen molar-refractivity contribution >= 4 is 16.0 Å². The number of aliphatic carboxylic acids is 1. The molecule has 8 heteroatoms. The second-order valence-electron chi connectivity index (χ2n) is 7.02. The summed E-state index contributed by atoms with van der Waals surface area (Å²) in [6, 6.07) is 11.7. The Balaban J connectivity index is 1.76. The van der Waals surface area contributed by atoms with Gasteiger partial charge >= 0.3 is 0 Å². The molecular formula is C21H24NO6S-. The molecule has 0 radical (unpaired) electrons. The van der Waals surface area contributed by atoms with Gasteiger partial charge in [0.1, 0.15) is 11.5 Å². The average molecular weight is 418 g/mol. The first-order valence-corrected chi connectivity index (χ1v) is 11.0. The van der Waals surface area contributed by atoms with E-state index in [2.05, 4.69) is 4.72 Å². The molecule has 0 amide bonds. The predicted octanol–water partition coefficient (Wildman–Crippen LogP) is 2.18. The van der Waals surface area contributed by atoms with Gasteiger partial charge in [0.15, 0.2) is 0 Å². The number of hydrogen-bond acceptors (Lipinski definition) is 6. The van der Waals surface area contributed by atoms with Crippen molar-refractivity contribution in [3.8, 4) is 11.5 Å². The summed E-state index contributed by atoms with van der Waals surface area (Å²) in [7, 11) is -2.45. The molecule has 7 nitrogen and oxygen atoms in total. The van der Waals surface area contributed by atoms with Gasteiger partial charge in [0.05, 0.1) is 24.2 Å². The van der Waals surface area contributed by atoms with Gasteiger partial charge in [0, 0.05) is 12.4 Å². The highest BCUT2D eigenvalue weighted by atomic mass is 32.2. The van der Waals surface area contributed by atoms with Crippen LogP contribution in [0.4, 0.5) is 0 Å². The van der Waals surface area contributed by atoms with Crippen LogP contribution in [-0.4, -0.2) is 27.6 Å². The Morgan fingerprint density at radius 1 is 1.07 bits per heavy atom. The van der Waals surface area contributed by atoms with Gasteiger partial charge in [-0.1, -0.05) is 12.1 Å². The first kappa shape index (κ1) is 21.1. The highest BCUT2D eigenvalue weighted by molar-refractivity contribution is 7.89. The van der Waals surface area contributed by atoms with E-state index in [4.69, 9.17) is 9.47 Å². The molecular weight excluding hydrogens is 394 g/mol. The molecule has 1 aliphatic rings. The van der Waals surface area contributed by atoms with E-state index >= 15 is 0 Å². The van der Waals surface area contributed by atoms with Crippen molar-refractivity contribution in [2.24, 2.45) is 0 Å². The fraction of sp³-hybridized carbons (Fsp3) is 0.381.